The summed E-state index contributed by atoms with van der Waals surface area (Å²) in [5.41, 5.74) is 0. The normalized spacial score (nSPS) is 34.7. The fourth-order valence-electron chi connectivity index (χ4n) is 1.75. The summed E-state index contributed by atoms with van der Waals surface area (Å²) in [7, 11) is 0. The molecule has 1 aliphatic rings. The van der Waals surface area contributed by atoms with Crippen LogP contribution in [0, 0.1) is 17.8 Å². The predicted molar refractivity (Wildman–Crippen MR) is 46.6 cm³/mol. The summed E-state index contributed by atoms with van der Waals surface area (Å²) in [5, 5.41) is 0. The molecule has 0 bridgehead atoms. The third-order valence-corrected chi connectivity index (χ3v) is 2.58. The molecule has 2 heteroatoms. The summed E-state index contributed by atoms with van der Waals surface area (Å²) in [6, 6.07) is 0. The van der Waals surface area contributed by atoms with Gasteiger partial charge in [-0.05, 0) is 19.3 Å². The highest BCUT2D eigenvalue weighted by Gasteiger charge is 2.30. The van der Waals surface area contributed by atoms with Gasteiger partial charge in [-0.25, -0.2) is 0 Å². The molecule has 3 unspecified atom stereocenters. The van der Waals surface area contributed by atoms with Crippen molar-refractivity contribution in [2.24, 2.45) is 17.8 Å². The standard InChI is InChI=1S/C10H14O2/c1-7-4-3-5-9(8(2)12)10(7)6-11/h3-4,6-7,9-10H,5H2,1-2H3. The number of Topliss-reactive ketones (excluding diaryl/α,β-unsaturated/α-hetero) is 1. The molecule has 0 saturated carbocycles. The van der Waals surface area contributed by atoms with E-state index >= 15 is 0 Å². The maximum atomic E-state index is 11.1. The van der Waals surface area contributed by atoms with Crippen LogP contribution in [-0.2, 0) is 9.59 Å². The van der Waals surface area contributed by atoms with Gasteiger partial charge in [-0.15, -0.1) is 0 Å². The Labute approximate surface area is 72.7 Å². The number of rotatable bonds is 2. The van der Waals surface area contributed by atoms with E-state index in [0.29, 0.717) is 0 Å². The van der Waals surface area contributed by atoms with Crippen molar-refractivity contribution in [1.29, 1.82) is 0 Å². The van der Waals surface area contributed by atoms with Crippen LogP contribution in [0.25, 0.3) is 0 Å². The Morgan fingerprint density at radius 2 is 2.25 bits per heavy atom. The number of allylic oxidation sites excluding steroid dienone is 2. The monoisotopic (exact) mass is 166 g/mol. The molecule has 0 radical (unpaired) electrons. The largest absolute Gasteiger partial charge is 0.303 e. The smallest absolute Gasteiger partial charge is 0.133 e. The van der Waals surface area contributed by atoms with Crippen molar-refractivity contribution in [1.82, 2.24) is 0 Å². The van der Waals surface area contributed by atoms with Crippen LogP contribution in [0.5, 0.6) is 0 Å². The van der Waals surface area contributed by atoms with Crippen molar-refractivity contribution in [3.63, 3.8) is 0 Å². The topological polar surface area (TPSA) is 34.1 Å². The van der Waals surface area contributed by atoms with Crippen LogP contribution < -0.4 is 0 Å². The van der Waals surface area contributed by atoms with Crippen molar-refractivity contribution < 1.29 is 9.59 Å². The van der Waals surface area contributed by atoms with Gasteiger partial charge in [0.25, 0.3) is 0 Å². The van der Waals surface area contributed by atoms with Crippen LogP contribution in [-0.4, -0.2) is 12.1 Å². The van der Waals surface area contributed by atoms with E-state index in [1.807, 2.05) is 19.1 Å². The minimum Gasteiger partial charge on any atom is -0.303 e. The Morgan fingerprint density at radius 3 is 2.67 bits per heavy atom. The van der Waals surface area contributed by atoms with Crippen LogP contribution >= 0.6 is 0 Å². The summed E-state index contributed by atoms with van der Waals surface area (Å²) in [4.78, 5) is 21.8. The van der Waals surface area contributed by atoms with Crippen molar-refractivity contribution in [3.05, 3.63) is 12.2 Å². The Bertz CT molecular complexity index is 218. The lowest BCUT2D eigenvalue weighted by molar-refractivity contribution is -0.127. The molecule has 12 heavy (non-hydrogen) atoms. The van der Waals surface area contributed by atoms with E-state index in [-0.39, 0.29) is 23.5 Å². The molecule has 0 aliphatic heterocycles. The van der Waals surface area contributed by atoms with E-state index in [2.05, 4.69) is 0 Å². The molecule has 1 rings (SSSR count). The van der Waals surface area contributed by atoms with E-state index < -0.39 is 0 Å². The molecule has 0 saturated heterocycles. The molecule has 1 aliphatic carbocycles. The van der Waals surface area contributed by atoms with Crippen LogP contribution in [0.4, 0.5) is 0 Å². The van der Waals surface area contributed by atoms with Crippen molar-refractivity contribution in [2.45, 2.75) is 20.3 Å². The molecule has 0 aromatic heterocycles. The number of hydrogen-bond acceptors (Lipinski definition) is 2. The molecule has 0 N–H and O–H groups in total. The maximum Gasteiger partial charge on any atom is 0.133 e. The second-order valence-electron chi connectivity index (χ2n) is 3.45. The molecule has 3 atom stereocenters. The third-order valence-electron chi connectivity index (χ3n) is 2.58. The van der Waals surface area contributed by atoms with Gasteiger partial charge in [0.1, 0.15) is 12.1 Å². The summed E-state index contributed by atoms with van der Waals surface area (Å²) >= 11 is 0. The Kier molecular flexibility index (Phi) is 2.79. The number of ketones is 1. The maximum absolute atomic E-state index is 11.1. The van der Waals surface area contributed by atoms with Gasteiger partial charge in [0, 0.05) is 11.8 Å². The summed E-state index contributed by atoms with van der Waals surface area (Å²) < 4.78 is 0. The second-order valence-corrected chi connectivity index (χ2v) is 3.45. The number of carbonyl (C=O) groups excluding carboxylic acids is 2. The minimum absolute atomic E-state index is 0.0810. The Hall–Kier alpha value is -0.920. The van der Waals surface area contributed by atoms with E-state index in [0.717, 1.165) is 12.7 Å². The lowest BCUT2D eigenvalue weighted by Crippen LogP contribution is -2.29. The van der Waals surface area contributed by atoms with Crippen LogP contribution in [0.15, 0.2) is 12.2 Å². The fraction of sp³-hybridized carbons (Fsp3) is 0.600. The Morgan fingerprint density at radius 1 is 1.58 bits per heavy atom. The Balaban J connectivity index is 2.81. The van der Waals surface area contributed by atoms with Crippen molar-refractivity contribution in [3.8, 4) is 0 Å². The van der Waals surface area contributed by atoms with Gasteiger partial charge in [-0.1, -0.05) is 19.1 Å². The van der Waals surface area contributed by atoms with Gasteiger partial charge in [0.2, 0.25) is 0 Å². The van der Waals surface area contributed by atoms with Gasteiger partial charge >= 0.3 is 0 Å². The van der Waals surface area contributed by atoms with Crippen LogP contribution in [0.1, 0.15) is 20.3 Å². The van der Waals surface area contributed by atoms with Crippen molar-refractivity contribution >= 4 is 12.1 Å². The number of hydrogen-bond donors (Lipinski definition) is 0. The predicted octanol–water partition coefficient (Wildman–Crippen LogP) is 1.60. The lowest BCUT2D eigenvalue weighted by atomic mass is 9.76. The third kappa shape index (κ3) is 1.63. The molecule has 0 spiro atoms. The molecule has 0 fully saturated rings. The fourth-order valence-corrected chi connectivity index (χ4v) is 1.75. The van der Waals surface area contributed by atoms with E-state index in [1.165, 1.54) is 0 Å². The average Bonchev–Trinajstić information content (AvgIpc) is 2.03. The minimum atomic E-state index is -0.104. The highest BCUT2D eigenvalue weighted by molar-refractivity contribution is 5.82. The molecule has 66 valence electrons. The zero-order valence-electron chi connectivity index (χ0n) is 7.49. The quantitative estimate of drug-likeness (QED) is 0.461. The summed E-state index contributed by atoms with van der Waals surface area (Å²) in [5.74, 6) is 0.156. The highest BCUT2D eigenvalue weighted by atomic mass is 16.1. The lowest BCUT2D eigenvalue weighted by Gasteiger charge is -2.26. The van der Waals surface area contributed by atoms with E-state index in [9.17, 15) is 9.59 Å². The SMILES string of the molecule is CC(=O)C1CC=CC(C)C1C=O. The van der Waals surface area contributed by atoms with Crippen molar-refractivity contribution in [2.75, 3.05) is 0 Å². The van der Waals surface area contributed by atoms with Crippen LogP contribution in [0.3, 0.4) is 0 Å². The van der Waals surface area contributed by atoms with E-state index in [4.69, 9.17) is 0 Å². The first kappa shape index (κ1) is 9.17. The van der Waals surface area contributed by atoms with Gasteiger partial charge < -0.3 is 4.79 Å². The zero-order valence-corrected chi connectivity index (χ0v) is 7.49. The molecule has 0 heterocycles. The first-order valence-electron chi connectivity index (χ1n) is 4.29. The van der Waals surface area contributed by atoms with E-state index in [1.54, 1.807) is 6.92 Å². The summed E-state index contributed by atoms with van der Waals surface area (Å²) in [6.45, 7) is 3.54. The highest BCUT2D eigenvalue weighted by Crippen LogP contribution is 2.28. The molecule has 0 aromatic carbocycles. The van der Waals surface area contributed by atoms with Gasteiger partial charge in [-0.3, -0.25) is 4.79 Å². The molecule has 0 amide bonds. The molecule has 2 nitrogen and oxygen atoms in total. The summed E-state index contributed by atoms with van der Waals surface area (Å²) in [6.07, 6.45) is 5.65. The van der Waals surface area contributed by atoms with Crippen LogP contribution in [0.2, 0.25) is 0 Å². The first-order chi connectivity index (χ1) is 5.66. The number of carbonyl (C=O) groups is 2. The average molecular weight is 166 g/mol. The number of aldehydes is 1. The first-order valence-corrected chi connectivity index (χ1v) is 4.29. The van der Waals surface area contributed by atoms with Gasteiger partial charge in [-0.2, -0.15) is 0 Å². The van der Waals surface area contributed by atoms with Gasteiger partial charge in [0.05, 0.1) is 0 Å². The zero-order chi connectivity index (χ0) is 9.14. The molecular weight excluding hydrogens is 152 g/mol. The van der Waals surface area contributed by atoms with Gasteiger partial charge in [0.15, 0.2) is 0 Å². The second kappa shape index (κ2) is 3.65. The molecule has 0 aromatic rings. The molecular formula is C10H14O2.